The van der Waals surface area contributed by atoms with E-state index in [9.17, 15) is 40.2 Å². The molecular weight excluding hydrogens is 501 g/mol. The largest absolute Gasteiger partial charge is 0.497 e. The molecule has 0 spiro atoms. The summed E-state index contributed by atoms with van der Waals surface area (Å²) in [5.74, 6) is -0.249. The van der Waals surface area contributed by atoms with E-state index >= 15 is 0 Å². The smallest absolute Gasteiger partial charge is 0.417 e. The van der Waals surface area contributed by atoms with E-state index in [1.807, 2.05) is 0 Å². The molecule has 0 amide bonds. The van der Waals surface area contributed by atoms with Crippen LogP contribution in [0.25, 0.3) is 0 Å². The summed E-state index contributed by atoms with van der Waals surface area (Å²) < 4.78 is 98.6. The zero-order valence-electron chi connectivity index (χ0n) is 17.5. The number of nitriles is 1. The lowest BCUT2D eigenvalue weighted by atomic mass is 10.1. The Morgan fingerprint density at radius 3 is 2.29 bits per heavy atom. The molecule has 3 rings (SSSR count). The van der Waals surface area contributed by atoms with Gasteiger partial charge in [-0.2, -0.15) is 22.7 Å². The number of β-amino-alcohol motifs (C(OH)–C–C–N with tert-alkyl or cyclic N) is 1. The van der Waals surface area contributed by atoms with E-state index in [2.05, 4.69) is 0 Å². The van der Waals surface area contributed by atoms with Crippen LogP contribution in [0.2, 0.25) is 0 Å². The summed E-state index contributed by atoms with van der Waals surface area (Å²) in [5.41, 5.74) is -3.88. The van der Waals surface area contributed by atoms with Gasteiger partial charge in [0.25, 0.3) is 0 Å². The third-order valence-corrected chi connectivity index (χ3v) is 9.63. The molecular formula is C20H19F3N2O7S2. The van der Waals surface area contributed by atoms with Crippen molar-refractivity contribution in [2.24, 2.45) is 0 Å². The molecule has 0 aliphatic carbocycles. The summed E-state index contributed by atoms with van der Waals surface area (Å²) in [7, 11) is -8.34. The van der Waals surface area contributed by atoms with E-state index in [1.165, 1.54) is 12.1 Å². The first-order valence-electron chi connectivity index (χ1n) is 9.53. The number of hydrogen-bond donors (Lipinski definition) is 2. The van der Waals surface area contributed by atoms with Crippen molar-refractivity contribution in [3.8, 4) is 11.8 Å². The van der Waals surface area contributed by atoms with Crippen LogP contribution in [0.15, 0.2) is 52.3 Å². The third kappa shape index (κ3) is 4.49. The number of sulfone groups is 1. The fourth-order valence-corrected chi connectivity index (χ4v) is 7.40. The number of benzene rings is 2. The molecule has 2 aromatic carbocycles. The number of rotatable bonds is 6. The molecule has 1 saturated heterocycles. The number of methoxy groups -OCH3 is 1. The Bertz CT molecular complexity index is 1340. The van der Waals surface area contributed by atoms with Gasteiger partial charge in [-0.15, -0.1) is 0 Å². The van der Waals surface area contributed by atoms with Crippen LogP contribution in [0.4, 0.5) is 13.2 Å². The van der Waals surface area contributed by atoms with Crippen molar-refractivity contribution in [3.05, 3.63) is 53.6 Å². The van der Waals surface area contributed by atoms with Gasteiger partial charge < -0.3 is 14.9 Å². The lowest BCUT2D eigenvalue weighted by Gasteiger charge is -2.26. The van der Waals surface area contributed by atoms with Crippen LogP contribution in [0.1, 0.15) is 11.1 Å². The molecule has 1 fully saturated rings. The fourth-order valence-electron chi connectivity index (χ4n) is 3.65. The second-order valence-electron chi connectivity index (χ2n) is 7.59. The summed E-state index contributed by atoms with van der Waals surface area (Å²) in [5, 5.41) is 27.5. The van der Waals surface area contributed by atoms with Crippen LogP contribution in [0.5, 0.6) is 5.75 Å². The van der Waals surface area contributed by atoms with Crippen molar-refractivity contribution in [3.63, 3.8) is 0 Å². The molecule has 34 heavy (non-hydrogen) atoms. The molecule has 1 aliphatic rings. The first kappa shape index (κ1) is 25.9. The van der Waals surface area contributed by atoms with Gasteiger partial charge in [0.05, 0.1) is 40.7 Å². The maximum absolute atomic E-state index is 13.6. The predicted molar refractivity (Wildman–Crippen MR) is 111 cm³/mol. The molecule has 2 aromatic rings. The Labute approximate surface area is 193 Å². The number of hydrogen-bond acceptors (Lipinski definition) is 8. The number of nitrogens with zero attached hydrogens (tertiary/aromatic N) is 2. The number of ether oxygens (including phenoxy) is 1. The van der Waals surface area contributed by atoms with Gasteiger partial charge in [-0.05, 0) is 42.5 Å². The molecule has 184 valence electrons. The van der Waals surface area contributed by atoms with Crippen LogP contribution >= 0.6 is 0 Å². The van der Waals surface area contributed by atoms with Gasteiger partial charge in [0.2, 0.25) is 10.0 Å². The minimum atomic E-state index is -5.09. The van der Waals surface area contributed by atoms with E-state index in [0.29, 0.717) is 16.4 Å². The molecule has 0 radical (unpaired) electrons. The standard InChI is InChI=1S/C20H19F3N2O7S2/c1-32-14-4-7-17(16(8-14)20(21,22)23)34(30,31)25-10-18(19(27,11-25)12-26)33(28,29)15-5-2-13(9-24)3-6-15/h2-8,18,26-27H,10-12H2,1H3/t18?,19-/m1/s1. The van der Waals surface area contributed by atoms with Gasteiger partial charge in [-0.1, -0.05) is 0 Å². The Kier molecular flexibility index (Phi) is 6.72. The first-order chi connectivity index (χ1) is 15.7. The SMILES string of the molecule is COc1ccc(S(=O)(=O)N2CC(S(=O)(=O)c3ccc(C#N)cc3)[C@](O)(CO)C2)c(C(F)(F)F)c1. The monoisotopic (exact) mass is 520 g/mol. The van der Waals surface area contributed by atoms with E-state index in [1.54, 1.807) is 6.07 Å². The topological polar surface area (TPSA) is 145 Å². The first-order valence-corrected chi connectivity index (χ1v) is 12.5. The summed E-state index contributed by atoms with van der Waals surface area (Å²) in [4.78, 5) is -1.51. The fraction of sp³-hybridized carbons (Fsp3) is 0.350. The second kappa shape index (κ2) is 8.82. The van der Waals surface area contributed by atoms with Crippen LogP contribution in [0, 0.1) is 11.3 Å². The van der Waals surface area contributed by atoms with Crippen molar-refractivity contribution in [1.29, 1.82) is 5.26 Å². The highest BCUT2D eigenvalue weighted by Gasteiger charge is 2.55. The highest BCUT2D eigenvalue weighted by atomic mass is 32.2. The summed E-state index contributed by atoms with van der Waals surface area (Å²) >= 11 is 0. The summed E-state index contributed by atoms with van der Waals surface area (Å²) in [6.45, 7) is -3.05. The minimum absolute atomic E-state index is 0.145. The maximum atomic E-state index is 13.6. The quantitative estimate of drug-likeness (QED) is 0.577. The minimum Gasteiger partial charge on any atom is -0.497 e. The molecule has 0 saturated carbocycles. The van der Waals surface area contributed by atoms with E-state index in [0.717, 1.165) is 25.3 Å². The number of alkyl halides is 3. The van der Waals surface area contributed by atoms with Crippen LogP contribution in [0.3, 0.4) is 0 Å². The van der Waals surface area contributed by atoms with Gasteiger partial charge in [0.15, 0.2) is 9.84 Å². The number of aliphatic hydroxyl groups excluding tert-OH is 1. The van der Waals surface area contributed by atoms with Crippen molar-refractivity contribution in [2.45, 2.75) is 26.8 Å². The van der Waals surface area contributed by atoms with Gasteiger partial charge in [0, 0.05) is 13.1 Å². The average Bonchev–Trinajstić information content (AvgIpc) is 3.18. The molecule has 0 bridgehead atoms. The highest BCUT2D eigenvalue weighted by Crippen LogP contribution is 2.40. The van der Waals surface area contributed by atoms with Gasteiger partial charge >= 0.3 is 6.18 Å². The van der Waals surface area contributed by atoms with Crippen molar-refractivity contribution < 1.29 is 45.0 Å². The average molecular weight is 521 g/mol. The molecule has 1 aliphatic heterocycles. The van der Waals surface area contributed by atoms with Crippen LogP contribution in [-0.4, -0.2) is 69.0 Å². The van der Waals surface area contributed by atoms with Gasteiger partial charge in [0.1, 0.15) is 16.6 Å². The summed E-state index contributed by atoms with van der Waals surface area (Å²) in [6, 6.07) is 8.52. The zero-order valence-corrected chi connectivity index (χ0v) is 19.2. The Morgan fingerprint density at radius 1 is 1.18 bits per heavy atom. The molecule has 2 N–H and O–H groups in total. The van der Waals surface area contributed by atoms with Crippen molar-refractivity contribution in [1.82, 2.24) is 4.31 Å². The Morgan fingerprint density at radius 2 is 1.79 bits per heavy atom. The van der Waals surface area contributed by atoms with E-state index in [4.69, 9.17) is 10.00 Å². The number of halogens is 3. The normalized spacial score (nSPS) is 21.9. The van der Waals surface area contributed by atoms with E-state index < -0.39 is 67.0 Å². The van der Waals surface area contributed by atoms with Crippen LogP contribution < -0.4 is 4.74 Å². The Balaban J connectivity index is 2.07. The molecule has 1 heterocycles. The number of aliphatic hydroxyl groups is 2. The Hall–Kier alpha value is -2.70. The number of sulfonamides is 1. The third-order valence-electron chi connectivity index (χ3n) is 5.49. The summed E-state index contributed by atoms with van der Waals surface area (Å²) in [6.07, 6.45) is -5.09. The maximum Gasteiger partial charge on any atom is 0.417 e. The highest BCUT2D eigenvalue weighted by molar-refractivity contribution is 7.92. The van der Waals surface area contributed by atoms with E-state index in [-0.39, 0.29) is 16.2 Å². The van der Waals surface area contributed by atoms with Crippen molar-refractivity contribution in [2.75, 3.05) is 26.8 Å². The molecule has 0 aromatic heterocycles. The zero-order chi connectivity index (χ0) is 25.5. The second-order valence-corrected chi connectivity index (χ2v) is 11.6. The molecule has 14 heteroatoms. The molecule has 9 nitrogen and oxygen atoms in total. The molecule has 1 unspecified atom stereocenters. The lowest BCUT2D eigenvalue weighted by molar-refractivity contribution is -0.140. The van der Waals surface area contributed by atoms with Crippen molar-refractivity contribution >= 4 is 19.9 Å². The predicted octanol–water partition coefficient (Wildman–Crippen LogP) is 1.16. The van der Waals surface area contributed by atoms with Gasteiger partial charge in [-0.3, -0.25) is 0 Å². The van der Waals surface area contributed by atoms with Crippen LogP contribution in [-0.2, 0) is 26.0 Å². The van der Waals surface area contributed by atoms with Gasteiger partial charge in [-0.25, -0.2) is 16.8 Å². The lowest BCUT2D eigenvalue weighted by Crippen LogP contribution is -2.49. The molecule has 2 atom stereocenters.